The van der Waals surface area contributed by atoms with E-state index in [1.165, 1.54) is 0 Å². The highest BCUT2D eigenvalue weighted by Gasteiger charge is 2.30. The van der Waals surface area contributed by atoms with Crippen molar-refractivity contribution in [2.45, 2.75) is 19.1 Å². The molecule has 0 N–H and O–H groups in total. The predicted molar refractivity (Wildman–Crippen MR) is 83.7 cm³/mol. The third-order valence-electron chi connectivity index (χ3n) is 4.35. The molecule has 3 aromatic rings. The van der Waals surface area contributed by atoms with Crippen LogP contribution in [0.3, 0.4) is 0 Å². The van der Waals surface area contributed by atoms with E-state index in [-0.39, 0.29) is 12.1 Å². The first kappa shape index (κ1) is 14.3. The van der Waals surface area contributed by atoms with Gasteiger partial charge in [0.2, 0.25) is 5.89 Å². The average molecular weight is 313 g/mol. The molecule has 7 heteroatoms. The molecular formula is C16H19N5O2. The van der Waals surface area contributed by atoms with Gasteiger partial charge < -0.3 is 13.7 Å². The number of morpholine rings is 1. The highest BCUT2D eigenvalue weighted by atomic mass is 16.5. The maximum Gasteiger partial charge on any atom is 0.212 e. The van der Waals surface area contributed by atoms with E-state index in [0.29, 0.717) is 6.61 Å². The maximum absolute atomic E-state index is 5.91. The minimum atomic E-state index is -0.0805. The summed E-state index contributed by atoms with van der Waals surface area (Å²) in [4.78, 5) is 6.92. The summed E-state index contributed by atoms with van der Waals surface area (Å²) in [5, 5.41) is 8.10. The first-order chi connectivity index (χ1) is 11.2. The molecule has 0 saturated carbocycles. The Balaban J connectivity index is 1.55. The summed E-state index contributed by atoms with van der Waals surface area (Å²) < 4.78 is 13.7. The van der Waals surface area contributed by atoms with Gasteiger partial charge in [0.25, 0.3) is 0 Å². The van der Waals surface area contributed by atoms with Gasteiger partial charge in [-0.2, -0.15) is 0 Å². The van der Waals surface area contributed by atoms with Crippen molar-refractivity contribution >= 4 is 11.1 Å². The molecule has 0 spiro atoms. The summed E-state index contributed by atoms with van der Waals surface area (Å²) in [7, 11) is 1.93. The standard InChI is InChI=1S/C16H19N5O2/c1-11(16-18-12-5-3-4-6-13(12)23-16)21-7-8-22-14(9-21)15-19-17-10-20(15)2/h3-6,10-11,14H,7-9H2,1-2H3/t11-,14-/m0/s1. The van der Waals surface area contributed by atoms with Crippen molar-refractivity contribution in [2.75, 3.05) is 19.7 Å². The third-order valence-corrected chi connectivity index (χ3v) is 4.35. The van der Waals surface area contributed by atoms with Crippen LogP contribution in [0.25, 0.3) is 11.1 Å². The van der Waals surface area contributed by atoms with Gasteiger partial charge in [0, 0.05) is 20.1 Å². The maximum atomic E-state index is 5.91. The molecule has 23 heavy (non-hydrogen) atoms. The van der Waals surface area contributed by atoms with E-state index in [1.54, 1.807) is 6.33 Å². The summed E-state index contributed by atoms with van der Waals surface area (Å²) >= 11 is 0. The lowest BCUT2D eigenvalue weighted by Gasteiger charge is -2.34. The lowest BCUT2D eigenvalue weighted by atomic mass is 10.2. The number of hydrogen-bond acceptors (Lipinski definition) is 6. The van der Waals surface area contributed by atoms with Gasteiger partial charge >= 0.3 is 0 Å². The van der Waals surface area contributed by atoms with Crippen molar-refractivity contribution in [3.63, 3.8) is 0 Å². The second-order valence-corrected chi connectivity index (χ2v) is 5.85. The second kappa shape index (κ2) is 5.75. The van der Waals surface area contributed by atoms with Crippen molar-refractivity contribution in [1.29, 1.82) is 0 Å². The number of fused-ring (bicyclic) bond motifs is 1. The van der Waals surface area contributed by atoms with Crippen LogP contribution in [-0.2, 0) is 11.8 Å². The van der Waals surface area contributed by atoms with Crippen molar-refractivity contribution in [3.8, 4) is 0 Å². The number of ether oxygens (including phenoxy) is 1. The molecule has 0 amide bonds. The van der Waals surface area contributed by atoms with E-state index in [4.69, 9.17) is 9.15 Å². The average Bonchev–Trinajstić information content (AvgIpc) is 3.20. The number of aromatic nitrogens is 4. The molecule has 3 heterocycles. The molecule has 2 atom stereocenters. The van der Waals surface area contributed by atoms with Crippen molar-refractivity contribution in [2.24, 2.45) is 7.05 Å². The molecule has 7 nitrogen and oxygen atoms in total. The zero-order valence-corrected chi connectivity index (χ0v) is 13.2. The number of benzene rings is 1. The highest BCUT2D eigenvalue weighted by molar-refractivity contribution is 5.72. The van der Waals surface area contributed by atoms with E-state index in [1.807, 2.05) is 35.9 Å². The first-order valence-corrected chi connectivity index (χ1v) is 7.77. The van der Waals surface area contributed by atoms with E-state index < -0.39 is 0 Å². The van der Waals surface area contributed by atoms with Crippen LogP contribution in [0.1, 0.15) is 30.8 Å². The van der Waals surface area contributed by atoms with Gasteiger partial charge in [0.1, 0.15) is 17.9 Å². The zero-order valence-electron chi connectivity index (χ0n) is 13.2. The summed E-state index contributed by atoms with van der Waals surface area (Å²) in [6.45, 7) is 4.35. The minimum absolute atomic E-state index is 0.0805. The molecule has 0 unspecified atom stereocenters. The molecule has 4 rings (SSSR count). The molecular weight excluding hydrogens is 294 g/mol. The Bertz CT molecular complexity index is 779. The molecule has 1 aliphatic rings. The number of hydrogen-bond donors (Lipinski definition) is 0. The van der Waals surface area contributed by atoms with Crippen molar-refractivity contribution < 1.29 is 9.15 Å². The zero-order chi connectivity index (χ0) is 15.8. The Kier molecular flexibility index (Phi) is 3.59. The minimum Gasteiger partial charge on any atom is -0.439 e. The van der Waals surface area contributed by atoms with Crippen LogP contribution in [0.2, 0.25) is 0 Å². The van der Waals surface area contributed by atoms with Gasteiger partial charge in [0.15, 0.2) is 11.4 Å². The van der Waals surface area contributed by atoms with E-state index in [2.05, 4.69) is 27.0 Å². The largest absolute Gasteiger partial charge is 0.439 e. The summed E-state index contributed by atoms with van der Waals surface area (Å²) in [5.41, 5.74) is 1.72. The molecule has 1 fully saturated rings. The lowest BCUT2D eigenvalue weighted by molar-refractivity contribution is -0.0513. The topological polar surface area (TPSA) is 69.2 Å². The Hall–Kier alpha value is -2.25. The van der Waals surface area contributed by atoms with Crippen molar-refractivity contribution in [3.05, 3.63) is 42.3 Å². The van der Waals surface area contributed by atoms with Crippen LogP contribution in [-0.4, -0.2) is 44.3 Å². The summed E-state index contributed by atoms with van der Waals surface area (Å²) in [6.07, 6.45) is 1.62. The third kappa shape index (κ3) is 2.62. The number of rotatable bonds is 3. The van der Waals surface area contributed by atoms with Crippen molar-refractivity contribution in [1.82, 2.24) is 24.6 Å². The normalized spacial score (nSPS) is 20.9. The molecule has 2 aromatic heterocycles. The van der Waals surface area contributed by atoms with E-state index >= 15 is 0 Å². The molecule has 0 bridgehead atoms. The Morgan fingerprint density at radius 3 is 2.96 bits per heavy atom. The molecule has 1 saturated heterocycles. The molecule has 1 aliphatic heterocycles. The summed E-state index contributed by atoms with van der Waals surface area (Å²) in [5.74, 6) is 1.59. The fourth-order valence-electron chi connectivity index (χ4n) is 2.99. The Morgan fingerprint density at radius 1 is 1.30 bits per heavy atom. The molecule has 0 aliphatic carbocycles. The quantitative estimate of drug-likeness (QED) is 0.737. The Morgan fingerprint density at radius 2 is 2.17 bits per heavy atom. The fraction of sp³-hybridized carbons (Fsp3) is 0.438. The molecule has 0 radical (unpaired) electrons. The monoisotopic (exact) mass is 313 g/mol. The van der Waals surface area contributed by atoms with Gasteiger partial charge in [-0.05, 0) is 19.1 Å². The Labute approximate surface area is 133 Å². The van der Waals surface area contributed by atoms with Gasteiger partial charge in [-0.3, -0.25) is 4.90 Å². The van der Waals surface area contributed by atoms with Gasteiger partial charge in [0.05, 0.1) is 12.6 Å². The lowest BCUT2D eigenvalue weighted by Crippen LogP contribution is -2.40. The number of nitrogens with zero attached hydrogens (tertiary/aromatic N) is 5. The van der Waals surface area contributed by atoms with Crippen LogP contribution in [0, 0.1) is 0 Å². The van der Waals surface area contributed by atoms with Crippen LogP contribution in [0.4, 0.5) is 0 Å². The van der Waals surface area contributed by atoms with Crippen LogP contribution in [0.15, 0.2) is 35.0 Å². The molecule has 1 aromatic carbocycles. The highest BCUT2D eigenvalue weighted by Crippen LogP contribution is 2.29. The van der Waals surface area contributed by atoms with E-state index in [9.17, 15) is 0 Å². The SMILES string of the molecule is C[C@@H](c1nc2ccccc2o1)N1CCO[C@H](c2nncn2C)C1. The molecule has 120 valence electrons. The van der Waals surface area contributed by atoms with Gasteiger partial charge in [-0.25, -0.2) is 4.98 Å². The fourth-order valence-corrected chi connectivity index (χ4v) is 2.99. The van der Waals surface area contributed by atoms with Gasteiger partial charge in [-0.1, -0.05) is 12.1 Å². The summed E-state index contributed by atoms with van der Waals surface area (Å²) in [6, 6.07) is 7.93. The van der Waals surface area contributed by atoms with Crippen LogP contribution in [0.5, 0.6) is 0 Å². The smallest absolute Gasteiger partial charge is 0.212 e. The number of oxazole rings is 1. The van der Waals surface area contributed by atoms with Crippen LogP contribution < -0.4 is 0 Å². The van der Waals surface area contributed by atoms with E-state index in [0.717, 1.165) is 35.9 Å². The number of aryl methyl sites for hydroxylation is 1. The predicted octanol–water partition coefficient (Wildman–Crippen LogP) is 2.09. The van der Waals surface area contributed by atoms with Crippen LogP contribution >= 0.6 is 0 Å². The number of para-hydroxylation sites is 2. The van der Waals surface area contributed by atoms with Gasteiger partial charge in [-0.15, -0.1) is 10.2 Å². The second-order valence-electron chi connectivity index (χ2n) is 5.85. The first-order valence-electron chi connectivity index (χ1n) is 7.77.